The zero-order chi connectivity index (χ0) is 13.4. The molecule has 0 aromatic heterocycles. The molecule has 0 N–H and O–H groups in total. The monoisotopic (exact) mass is 251 g/mol. The summed E-state index contributed by atoms with van der Waals surface area (Å²) in [6.45, 7) is 1.96. The van der Waals surface area contributed by atoms with Crippen LogP contribution < -0.4 is 4.90 Å². The van der Waals surface area contributed by atoms with E-state index >= 15 is 0 Å². The number of para-hydroxylation sites is 1. The number of fused-ring (bicyclic) bond motifs is 1. The molecule has 0 fully saturated rings. The Morgan fingerprint density at radius 2 is 1.74 bits per heavy atom. The minimum Gasteiger partial charge on any atom is -0.274 e. The van der Waals surface area contributed by atoms with Crippen molar-refractivity contribution in [2.24, 2.45) is 0 Å². The van der Waals surface area contributed by atoms with E-state index in [1.54, 1.807) is 12.1 Å². The van der Waals surface area contributed by atoms with Crippen LogP contribution in [0.4, 0.5) is 5.69 Å². The van der Waals surface area contributed by atoms with Gasteiger partial charge < -0.3 is 0 Å². The van der Waals surface area contributed by atoms with Gasteiger partial charge >= 0.3 is 0 Å². The molecule has 1 aliphatic heterocycles. The van der Waals surface area contributed by atoms with Crippen LogP contribution in [-0.2, 0) is 11.2 Å². The summed E-state index contributed by atoms with van der Waals surface area (Å²) in [5.41, 5.74) is 3.24. The van der Waals surface area contributed by atoms with Gasteiger partial charge in [-0.15, -0.1) is 0 Å². The molecule has 94 valence electrons. The number of aryl methyl sites for hydroxylation is 1. The summed E-state index contributed by atoms with van der Waals surface area (Å²) >= 11 is 0. The number of rotatable bonds is 1. The van der Waals surface area contributed by atoms with Crippen molar-refractivity contribution in [2.75, 3.05) is 4.90 Å². The molecule has 3 rings (SSSR count). The van der Waals surface area contributed by atoms with E-state index < -0.39 is 0 Å². The molecule has 2 aromatic rings. The Balaban J connectivity index is 2.00. The van der Waals surface area contributed by atoms with Gasteiger partial charge in [-0.25, -0.2) is 4.90 Å². The number of hydrogen-bond acceptors (Lipinski definition) is 2. The fourth-order valence-corrected chi connectivity index (χ4v) is 2.30. The highest BCUT2D eigenvalue weighted by Crippen LogP contribution is 2.29. The van der Waals surface area contributed by atoms with Crippen molar-refractivity contribution in [1.82, 2.24) is 0 Å². The molecule has 0 bridgehead atoms. The van der Waals surface area contributed by atoms with Crippen LogP contribution in [0.1, 0.15) is 21.5 Å². The summed E-state index contributed by atoms with van der Waals surface area (Å²) in [6.07, 6.45) is 0.299. The summed E-state index contributed by atoms with van der Waals surface area (Å²) in [7, 11) is 0. The lowest BCUT2D eigenvalue weighted by molar-refractivity contribution is -0.116. The van der Waals surface area contributed by atoms with Crippen LogP contribution in [-0.4, -0.2) is 11.8 Å². The first-order valence-electron chi connectivity index (χ1n) is 6.18. The van der Waals surface area contributed by atoms with Crippen LogP contribution in [0.25, 0.3) is 0 Å². The van der Waals surface area contributed by atoms with E-state index in [1.165, 1.54) is 4.90 Å². The van der Waals surface area contributed by atoms with Crippen molar-refractivity contribution in [1.29, 1.82) is 0 Å². The highest BCUT2D eigenvalue weighted by molar-refractivity contribution is 6.24. The third-order valence-corrected chi connectivity index (χ3v) is 3.33. The van der Waals surface area contributed by atoms with E-state index in [0.29, 0.717) is 17.7 Å². The molecule has 3 nitrogen and oxygen atoms in total. The highest BCUT2D eigenvalue weighted by atomic mass is 16.2. The van der Waals surface area contributed by atoms with E-state index in [1.807, 2.05) is 43.3 Å². The molecule has 0 aliphatic carbocycles. The maximum Gasteiger partial charge on any atom is 0.265 e. The fraction of sp³-hybridized carbons (Fsp3) is 0.125. The molecule has 1 heterocycles. The number of anilines is 1. The normalized spacial score (nSPS) is 13.5. The van der Waals surface area contributed by atoms with Crippen molar-refractivity contribution < 1.29 is 9.59 Å². The summed E-state index contributed by atoms with van der Waals surface area (Å²) in [4.78, 5) is 25.7. The minimum absolute atomic E-state index is 0.160. The number of benzene rings is 2. The molecule has 19 heavy (non-hydrogen) atoms. The van der Waals surface area contributed by atoms with E-state index in [-0.39, 0.29) is 11.8 Å². The van der Waals surface area contributed by atoms with Crippen LogP contribution >= 0.6 is 0 Å². The SMILES string of the molecule is Cc1ccc(C(=O)N2C(=O)Cc3ccccc32)cc1. The van der Waals surface area contributed by atoms with Crippen molar-refractivity contribution in [3.05, 3.63) is 65.2 Å². The van der Waals surface area contributed by atoms with Crippen molar-refractivity contribution >= 4 is 17.5 Å². The van der Waals surface area contributed by atoms with Gasteiger partial charge in [-0.2, -0.15) is 0 Å². The number of imide groups is 1. The summed E-state index contributed by atoms with van der Waals surface area (Å²) in [6, 6.07) is 14.7. The van der Waals surface area contributed by atoms with Crippen LogP contribution in [0.15, 0.2) is 48.5 Å². The molecule has 1 aliphatic rings. The Kier molecular flexibility index (Phi) is 2.67. The average molecular weight is 251 g/mol. The first-order chi connectivity index (χ1) is 9.16. The van der Waals surface area contributed by atoms with E-state index in [0.717, 1.165) is 11.1 Å². The van der Waals surface area contributed by atoms with Gasteiger partial charge in [0.25, 0.3) is 5.91 Å². The van der Waals surface area contributed by atoms with E-state index in [2.05, 4.69) is 0 Å². The lowest BCUT2D eigenvalue weighted by Gasteiger charge is -2.15. The van der Waals surface area contributed by atoms with Crippen LogP contribution in [0, 0.1) is 6.92 Å². The van der Waals surface area contributed by atoms with Gasteiger partial charge in [0.1, 0.15) is 0 Å². The molecule has 0 spiro atoms. The van der Waals surface area contributed by atoms with Gasteiger partial charge in [0.2, 0.25) is 5.91 Å². The lowest BCUT2D eigenvalue weighted by Crippen LogP contribution is -2.33. The van der Waals surface area contributed by atoms with Crippen LogP contribution in [0.2, 0.25) is 0 Å². The molecular formula is C16H13NO2. The topological polar surface area (TPSA) is 37.4 Å². The number of nitrogens with zero attached hydrogens (tertiary/aromatic N) is 1. The Hall–Kier alpha value is -2.42. The van der Waals surface area contributed by atoms with Gasteiger partial charge in [-0.3, -0.25) is 9.59 Å². The first kappa shape index (κ1) is 11.7. The quantitative estimate of drug-likeness (QED) is 0.731. The van der Waals surface area contributed by atoms with Crippen LogP contribution in [0.5, 0.6) is 0 Å². The number of amides is 2. The first-order valence-corrected chi connectivity index (χ1v) is 6.18. The lowest BCUT2D eigenvalue weighted by atomic mass is 10.1. The summed E-state index contributed by atoms with van der Waals surface area (Å²) in [5, 5.41) is 0. The van der Waals surface area contributed by atoms with Gasteiger partial charge in [-0.1, -0.05) is 35.9 Å². The zero-order valence-electron chi connectivity index (χ0n) is 10.6. The minimum atomic E-state index is -0.255. The number of carbonyl (C=O) groups is 2. The predicted molar refractivity (Wildman–Crippen MR) is 73.1 cm³/mol. The van der Waals surface area contributed by atoms with Crippen molar-refractivity contribution in [3.8, 4) is 0 Å². The second-order valence-electron chi connectivity index (χ2n) is 4.71. The average Bonchev–Trinajstić information content (AvgIpc) is 2.74. The van der Waals surface area contributed by atoms with Crippen LogP contribution in [0.3, 0.4) is 0 Å². The molecule has 2 amide bonds. The number of carbonyl (C=O) groups excluding carboxylic acids is 2. The van der Waals surface area contributed by atoms with Crippen molar-refractivity contribution in [3.63, 3.8) is 0 Å². The molecule has 0 saturated carbocycles. The molecule has 2 aromatic carbocycles. The molecule has 3 heteroatoms. The maximum absolute atomic E-state index is 12.4. The summed E-state index contributed by atoms with van der Waals surface area (Å²) < 4.78 is 0. The maximum atomic E-state index is 12.4. The molecular weight excluding hydrogens is 238 g/mol. The Morgan fingerprint density at radius 1 is 1.05 bits per heavy atom. The third kappa shape index (κ3) is 1.93. The largest absolute Gasteiger partial charge is 0.274 e. The standard InChI is InChI=1S/C16H13NO2/c1-11-6-8-12(9-7-11)16(19)17-14-5-3-2-4-13(14)10-15(17)18/h2-9H,10H2,1H3. The van der Waals surface area contributed by atoms with E-state index in [4.69, 9.17) is 0 Å². The smallest absolute Gasteiger partial charge is 0.265 e. The second kappa shape index (κ2) is 4.35. The van der Waals surface area contributed by atoms with E-state index in [9.17, 15) is 9.59 Å². The fourth-order valence-electron chi connectivity index (χ4n) is 2.30. The second-order valence-corrected chi connectivity index (χ2v) is 4.71. The molecule has 0 saturated heterocycles. The predicted octanol–water partition coefficient (Wildman–Crippen LogP) is 2.72. The van der Waals surface area contributed by atoms with Gasteiger partial charge in [0.05, 0.1) is 12.1 Å². The Bertz CT molecular complexity index is 659. The molecule has 0 unspecified atom stereocenters. The molecule has 0 atom stereocenters. The van der Waals surface area contributed by atoms with Gasteiger partial charge in [0, 0.05) is 5.56 Å². The zero-order valence-corrected chi connectivity index (χ0v) is 10.6. The van der Waals surface area contributed by atoms with Gasteiger partial charge in [-0.05, 0) is 30.7 Å². The Labute approximate surface area is 111 Å². The Morgan fingerprint density at radius 3 is 2.47 bits per heavy atom. The highest BCUT2D eigenvalue weighted by Gasteiger charge is 2.32. The van der Waals surface area contributed by atoms with Crippen molar-refractivity contribution in [2.45, 2.75) is 13.3 Å². The number of hydrogen-bond donors (Lipinski definition) is 0. The molecule has 0 radical (unpaired) electrons. The summed E-state index contributed by atoms with van der Waals surface area (Å²) in [5.74, 6) is -0.415. The van der Waals surface area contributed by atoms with Gasteiger partial charge in [0.15, 0.2) is 0 Å². The third-order valence-electron chi connectivity index (χ3n) is 3.33.